The van der Waals surface area contributed by atoms with Gasteiger partial charge in [-0.2, -0.15) is 0 Å². The summed E-state index contributed by atoms with van der Waals surface area (Å²) in [5, 5.41) is 0. The fourth-order valence-corrected chi connectivity index (χ4v) is 2.43. The standard InChI is InChI=1S/C16H17N3/c17-19-16(18-13-9-5-2-6-10-13)15-11-14(15)12-7-3-1-4-8-12/h1-10,14-15H,11,17H2,(H,18,19). The fourth-order valence-electron chi connectivity index (χ4n) is 2.43. The highest BCUT2D eigenvalue weighted by Crippen LogP contribution is 2.48. The number of aliphatic imine (C=N–C) groups is 1. The van der Waals surface area contributed by atoms with Gasteiger partial charge in [-0.15, -0.1) is 0 Å². The Kier molecular flexibility index (Phi) is 3.29. The zero-order chi connectivity index (χ0) is 13.1. The first-order valence-electron chi connectivity index (χ1n) is 6.53. The van der Waals surface area contributed by atoms with Crippen LogP contribution in [-0.2, 0) is 0 Å². The molecule has 1 saturated carbocycles. The summed E-state index contributed by atoms with van der Waals surface area (Å²) in [6.07, 6.45) is 1.11. The Morgan fingerprint density at radius 2 is 1.63 bits per heavy atom. The predicted octanol–water partition coefficient (Wildman–Crippen LogP) is 2.98. The number of amidine groups is 1. The van der Waals surface area contributed by atoms with Crippen molar-refractivity contribution in [3.05, 3.63) is 66.2 Å². The number of nitrogens with one attached hydrogen (secondary N) is 1. The molecule has 0 aromatic heterocycles. The summed E-state index contributed by atoms with van der Waals surface area (Å²) in [5.41, 5.74) is 5.07. The van der Waals surface area contributed by atoms with Crippen molar-refractivity contribution >= 4 is 11.5 Å². The van der Waals surface area contributed by atoms with Gasteiger partial charge in [0, 0.05) is 5.92 Å². The Morgan fingerprint density at radius 1 is 1.00 bits per heavy atom. The van der Waals surface area contributed by atoms with Crippen LogP contribution in [0, 0.1) is 5.92 Å². The summed E-state index contributed by atoms with van der Waals surface area (Å²) in [6, 6.07) is 20.4. The van der Waals surface area contributed by atoms with E-state index >= 15 is 0 Å². The topological polar surface area (TPSA) is 50.4 Å². The number of para-hydroxylation sites is 1. The van der Waals surface area contributed by atoms with E-state index in [1.807, 2.05) is 36.4 Å². The van der Waals surface area contributed by atoms with E-state index in [1.54, 1.807) is 0 Å². The molecule has 0 bridgehead atoms. The molecule has 3 rings (SSSR count). The zero-order valence-electron chi connectivity index (χ0n) is 10.7. The van der Waals surface area contributed by atoms with E-state index in [1.165, 1.54) is 5.56 Å². The van der Waals surface area contributed by atoms with Gasteiger partial charge in [0.2, 0.25) is 0 Å². The highest BCUT2D eigenvalue weighted by molar-refractivity contribution is 5.89. The number of hydrazine groups is 1. The predicted molar refractivity (Wildman–Crippen MR) is 78.2 cm³/mol. The van der Waals surface area contributed by atoms with Gasteiger partial charge in [0.1, 0.15) is 5.84 Å². The molecule has 2 unspecified atom stereocenters. The first-order valence-corrected chi connectivity index (χ1v) is 6.53. The second-order valence-corrected chi connectivity index (χ2v) is 4.84. The van der Waals surface area contributed by atoms with Crippen molar-refractivity contribution in [2.24, 2.45) is 16.8 Å². The molecule has 0 saturated heterocycles. The summed E-state index contributed by atoms with van der Waals surface area (Å²) < 4.78 is 0. The third kappa shape index (κ3) is 2.66. The molecule has 3 heteroatoms. The van der Waals surface area contributed by atoms with Crippen LogP contribution in [-0.4, -0.2) is 5.84 Å². The van der Waals surface area contributed by atoms with Crippen LogP contribution in [0.3, 0.4) is 0 Å². The van der Waals surface area contributed by atoms with E-state index in [0.717, 1.165) is 17.9 Å². The molecule has 3 N–H and O–H groups in total. The largest absolute Gasteiger partial charge is 0.312 e. The van der Waals surface area contributed by atoms with Crippen molar-refractivity contribution in [3.63, 3.8) is 0 Å². The van der Waals surface area contributed by atoms with Gasteiger partial charge in [0.25, 0.3) is 0 Å². The Morgan fingerprint density at radius 3 is 2.26 bits per heavy atom. The van der Waals surface area contributed by atoms with Crippen LogP contribution >= 0.6 is 0 Å². The second kappa shape index (κ2) is 5.24. The number of benzene rings is 2. The molecule has 1 aliphatic carbocycles. The number of rotatable bonds is 3. The monoisotopic (exact) mass is 251 g/mol. The fraction of sp³-hybridized carbons (Fsp3) is 0.188. The molecular weight excluding hydrogens is 234 g/mol. The lowest BCUT2D eigenvalue weighted by atomic mass is 10.1. The Bertz CT molecular complexity index is 563. The average Bonchev–Trinajstić information content (AvgIpc) is 3.27. The lowest BCUT2D eigenvalue weighted by Crippen LogP contribution is -2.32. The van der Waals surface area contributed by atoms with Crippen LogP contribution < -0.4 is 11.3 Å². The molecule has 19 heavy (non-hydrogen) atoms. The van der Waals surface area contributed by atoms with Crippen molar-refractivity contribution in [2.75, 3.05) is 0 Å². The maximum absolute atomic E-state index is 5.62. The van der Waals surface area contributed by atoms with E-state index < -0.39 is 0 Å². The molecule has 96 valence electrons. The first-order chi connectivity index (χ1) is 9.38. The summed E-state index contributed by atoms with van der Waals surface area (Å²) in [5.74, 6) is 7.45. The Labute approximate surface area is 113 Å². The highest BCUT2D eigenvalue weighted by Gasteiger charge is 2.42. The normalized spacial score (nSPS) is 22.1. The van der Waals surface area contributed by atoms with Gasteiger partial charge in [-0.1, -0.05) is 48.5 Å². The highest BCUT2D eigenvalue weighted by atomic mass is 15.3. The van der Waals surface area contributed by atoms with Crippen LogP contribution in [0.15, 0.2) is 65.7 Å². The van der Waals surface area contributed by atoms with Gasteiger partial charge in [-0.3, -0.25) is 0 Å². The van der Waals surface area contributed by atoms with Crippen molar-refractivity contribution in [3.8, 4) is 0 Å². The van der Waals surface area contributed by atoms with E-state index in [0.29, 0.717) is 11.8 Å². The van der Waals surface area contributed by atoms with Gasteiger partial charge in [0.15, 0.2) is 0 Å². The smallest absolute Gasteiger partial charge is 0.120 e. The molecule has 1 aliphatic rings. The molecule has 2 aromatic rings. The summed E-state index contributed by atoms with van der Waals surface area (Å²) in [4.78, 5) is 4.60. The van der Waals surface area contributed by atoms with Crippen molar-refractivity contribution in [1.82, 2.24) is 5.43 Å². The molecule has 0 heterocycles. The third-order valence-electron chi connectivity index (χ3n) is 3.52. The lowest BCUT2D eigenvalue weighted by Gasteiger charge is -2.05. The van der Waals surface area contributed by atoms with Gasteiger partial charge >= 0.3 is 0 Å². The second-order valence-electron chi connectivity index (χ2n) is 4.84. The summed E-state index contributed by atoms with van der Waals surface area (Å²) in [7, 11) is 0. The number of nitrogens with two attached hydrogens (primary N) is 1. The number of nitrogens with zero attached hydrogens (tertiary/aromatic N) is 1. The molecule has 0 amide bonds. The maximum atomic E-state index is 5.62. The molecule has 2 atom stereocenters. The molecular formula is C16H17N3. The van der Waals surface area contributed by atoms with E-state index in [2.05, 4.69) is 34.7 Å². The minimum absolute atomic E-state index is 0.410. The quantitative estimate of drug-likeness (QED) is 0.381. The Balaban J connectivity index is 1.77. The molecule has 3 nitrogen and oxygen atoms in total. The summed E-state index contributed by atoms with van der Waals surface area (Å²) >= 11 is 0. The van der Waals surface area contributed by atoms with Crippen LogP contribution in [0.25, 0.3) is 0 Å². The zero-order valence-corrected chi connectivity index (χ0v) is 10.7. The van der Waals surface area contributed by atoms with Gasteiger partial charge in [0.05, 0.1) is 5.69 Å². The summed E-state index contributed by atoms with van der Waals surface area (Å²) in [6.45, 7) is 0. The molecule has 1 fully saturated rings. The van der Waals surface area contributed by atoms with Gasteiger partial charge in [-0.05, 0) is 30.0 Å². The minimum atomic E-state index is 0.410. The van der Waals surface area contributed by atoms with E-state index in [9.17, 15) is 0 Å². The van der Waals surface area contributed by atoms with Crippen molar-refractivity contribution < 1.29 is 0 Å². The van der Waals surface area contributed by atoms with Crippen LogP contribution in [0.1, 0.15) is 17.9 Å². The average molecular weight is 251 g/mol. The van der Waals surface area contributed by atoms with Crippen molar-refractivity contribution in [2.45, 2.75) is 12.3 Å². The number of hydrogen-bond donors (Lipinski definition) is 2. The van der Waals surface area contributed by atoms with Crippen LogP contribution in [0.4, 0.5) is 5.69 Å². The number of hydrogen-bond acceptors (Lipinski definition) is 2. The van der Waals surface area contributed by atoms with Gasteiger partial charge < -0.3 is 5.43 Å². The van der Waals surface area contributed by atoms with Crippen LogP contribution in [0.5, 0.6) is 0 Å². The van der Waals surface area contributed by atoms with Crippen molar-refractivity contribution in [1.29, 1.82) is 0 Å². The van der Waals surface area contributed by atoms with Crippen LogP contribution in [0.2, 0.25) is 0 Å². The molecule has 2 aromatic carbocycles. The molecule has 0 aliphatic heterocycles. The third-order valence-corrected chi connectivity index (χ3v) is 3.52. The van der Waals surface area contributed by atoms with Gasteiger partial charge in [-0.25, -0.2) is 10.8 Å². The maximum Gasteiger partial charge on any atom is 0.120 e. The minimum Gasteiger partial charge on any atom is -0.312 e. The molecule has 0 radical (unpaired) electrons. The first kappa shape index (κ1) is 11.9. The SMILES string of the molecule is NNC(=Nc1ccccc1)C1CC1c1ccccc1. The Hall–Kier alpha value is -2.13. The lowest BCUT2D eigenvalue weighted by molar-refractivity contribution is 0.925. The molecule has 0 spiro atoms. The van der Waals surface area contributed by atoms with E-state index in [4.69, 9.17) is 5.84 Å². The van der Waals surface area contributed by atoms with E-state index in [-0.39, 0.29) is 0 Å².